The largest absolute Gasteiger partial charge is 0.427 e. The lowest BCUT2D eigenvalue weighted by Crippen LogP contribution is -2.45. The Morgan fingerprint density at radius 1 is 1.42 bits per heavy atom. The van der Waals surface area contributed by atoms with Crippen LogP contribution in [0, 0.1) is 0 Å². The maximum atomic E-state index is 12.4. The van der Waals surface area contributed by atoms with Gasteiger partial charge in [0, 0.05) is 12.6 Å². The number of anilines is 1. The number of nitrogens with one attached hydrogen (secondary N) is 1. The first kappa shape index (κ1) is 15.7. The highest BCUT2D eigenvalue weighted by Gasteiger charge is 2.33. The first-order chi connectivity index (χ1) is 8.49. The van der Waals surface area contributed by atoms with Crippen LogP contribution in [0.2, 0.25) is 0 Å². The molecule has 1 aromatic heterocycles. The predicted molar refractivity (Wildman–Crippen MR) is 68.3 cm³/mol. The third kappa shape index (κ3) is 5.06. The molecule has 1 amide bonds. The molecule has 0 spiro atoms. The number of thiazole rings is 1. The number of amides is 1. The monoisotopic (exact) mass is 295 g/mol. The molecule has 1 N–H and O–H groups in total. The summed E-state index contributed by atoms with van der Waals surface area (Å²) in [4.78, 5) is 15.9. The van der Waals surface area contributed by atoms with Crippen molar-refractivity contribution >= 4 is 22.4 Å². The molecular weight excluding hydrogens is 279 g/mol. The third-order valence-electron chi connectivity index (χ3n) is 1.99. The molecule has 0 fully saturated rings. The minimum Gasteiger partial charge on any atom is -0.350 e. The van der Waals surface area contributed by atoms with Crippen LogP contribution in [-0.2, 0) is 11.0 Å². The lowest BCUT2D eigenvalue weighted by Gasteiger charge is -2.23. The van der Waals surface area contributed by atoms with Crippen molar-refractivity contribution in [3.63, 3.8) is 0 Å². The minimum atomic E-state index is -4.40. The maximum Gasteiger partial charge on any atom is 0.427 e. The van der Waals surface area contributed by atoms with Gasteiger partial charge in [-0.3, -0.25) is 4.79 Å². The number of alkyl halides is 3. The van der Waals surface area contributed by atoms with Gasteiger partial charge in [0.25, 0.3) is 0 Å². The number of carbonyl (C=O) groups is 1. The maximum absolute atomic E-state index is 12.4. The second-order valence-electron chi connectivity index (χ2n) is 5.16. The van der Waals surface area contributed by atoms with E-state index < -0.39 is 11.1 Å². The molecule has 0 unspecified atom stereocenters. The highest BCUT2D eigenvalue weighted by molar-refractivity contribution is 7.15. The summed E-state index contributed by atoms with van der Waals surface area (Å²) >= 11 is 0.518. The molecule has 0 saturated carbocycles. The molecule has 0 aliphatic heterocycles. The molecule has 19 heavy (non-hydrogen) atoms. The molecule has 0 aliphatic rings. The van der Waals surface area contributed by atoms with Crippen molar-refractivity contribution in [1.29, 1.82) is 0 Å². The zero-order valence-electron chi connectivity index (χ0n) is 11.1. The van der Waals surface area contributed by atoms with Crippen molar-refractivity contribution in [2.75, 3.05) is 18.5 Å². The van der Waals surface area contributed by atoms with Crippen LogP contribution in [-0.4, -0.2) is 30.0 Å². The summed E-state index contributed by atoms with van der Waals surface area (Å²) in [6, 6.07) is 0. The highest BCUT2D eigenvalue weighted by atomic mass is 32.1. The molecule has 4 nitrogen and oxygen atoms in total. The summed E-state index contributed by atoms with van der Waals surface area (Å²) in [6.45, 7) is 5.45. The summed E-state index contributed by atoms with van der Waals surface area (Å²) in [6.07, 6.45) is -3.62. The third-order valence-corrected chi connectivity index (χ3v) is 3.15. The number of hydrogen-bond acceptors (Lipinski definition) is 4. The lowest BCUT2D eigenvalue weighted by molar-refractivity contribution is -0.134. The Labute approximate surface area is 113 Å². The first-order valence-corrected chi connectivity index (χ1v) is 6.36. The van der Waals surface area contributed by atoms with Gasteiger partial charge in [0.15, 0.2) is 5.13 Å². The van der Waals surface area contributed by atoms with Gasteiger partial charge in [0.05, 0.1) is 12.7 Å². The molecule has 0 saturated heterocycles. The Bertz CT molecular complexity index is 451. The highest BCUT2D eigenvalue weighted by Crippen LogP contribution is 2.35. The van der Waals surface area contributed by atoms with Gasteiger partial charge in [-0.25, -0.2) is 4.98 Å². The number of halogens is 3. The van der Waals surface area contributed by atoms with E-state index in [4.69, 9.17) is 0 Å². The Balaban J connectivity index is 2.66. The van der Waals surface area contributed by atoms with E-state index in [1.165, 1.54) is 11.9 Å². The van der Waals surface area contributed by atoms with E-state index in [1.54, 1.807) is 0 Å². The van der Waals surface area contributed by atoms with Crippen LogP contribution < -0.4 is 10.2 Å². The van der Waals surface area contributed by atoms with Crippen LogP contribution in [0.4, 0.5) is 18.3 Å². The number of aromatic nitrogens is 1. The van der Waals surface area contributed by atoms with Crippen LogP contribution in [0.1, 0.15) is 25.6 Å². The summed E-state index contributed by atoms with van der Waals surface area (Å²) in [5.74, 6) is -0.265. The van der Waals surface area contributed by atoms with Crippen LogP contribution in [0.25, 0.3) is 0 Å². The van der Waals surface area contributed by atoms with Crippen LogP contribution >= 0.6 is 11.3 Å². The SMILES string of the molecule is CN(CC(=O)NC(C)(C)C)c1ncc(C(F)(F)F)s1. The smallest absolute Gasteiger partial charge is 0.350 e. The molecule has 1 rings (SSSR count). The number of nitrogens with zero attached hydrogens (tertiary/aromatic N) is 2. The molecule has 1 aromatic rings. The summed E-state index contributed by atoms with van der Waals surface area (Å²) in [5, 5.41) is 2.89. The van der Waals surface area contributed by atoms with Gasteiger partial charge in [0.2, 0.25) is 5.91 Å². The number of carbonyl (C=O) groups excluding carboxylic acids is 1. The van der Waals surface area contributed by atoms with Crippen molar-refractivity contribution in [3.8, 4) is 0 Å². The van der Waals surface area contributed by atoms with E-state index in [9.17, 15) is 18.0 Å². The minimum absolute atomic E-state index is 0.0396. The molecule has 0 aromatic carbocycles. The van der Waals surface area contributed by atoms with E-state index in [0.717, 1.165) is 6.20 Å². The Morgan fingerprint density at radius 3 is 2.42 bits per heavy atom. The first-order valence-electron chi connectivity index (χ1n) is 5.54. The lowest BCUT2D eigenvalue weighted by atomic mass is 10.1. The summed E-state index contributed by atoms with van der Waals surface area (Å²) in [5.41, 5.74) is -0.377. The van der Waals surface area contributed by atoms with Gasteiger partial charge < -0.3 is 10.2 Å². The molecule has 8 heteroatoms. The van der Waals surface area contributed by atoms with Crippen molar-refractivity contribution in [2.24, 2.45) is 0 Å². The van der Waals surface area contributed by atoms with Gasteiger partial charge in [-0.15, -0.1) is 0 Å². The molecule has 0 atom stereocenters. The van der Waals surface area contributed by atoms with Crippen molar-refractivity contribution in [1.82, 2.24) is 10.3 Å². The van der Waals surface area contributed by atoms with E-state index >= 15 is 0 Å². The average Bonchev–Trinajstić information content (AvgIpc) is 2.61. The molecule has 0 radical (unpaired) electrons. The van der Waals surface area contributed by atoms with Gasteiger partial charge >= 0.3 is 6.18 Å². The average molecular weight is 295 g/mol. The second-order valence-corrected chi connectivity index (χ2v) is 6.17. The number of hydrogen-bond donors (Lipinski definition) is 1. The van der Waals surface area contributed by atoms with Crippen LogP contribution in [0.15, 0.2) is 6.20 Å². The molecule has 1 heterocycles. The standard InChI is InChI=1S/C11H16F3N3OS/c1-10(2,3)16-8(18)6-17(4)9-15-5-7(19-9)11(12,13)14/h5H,6H2,1-4H3,(H,16,18). The van der Waals surface area contributed by atoms with Crippen molar-refractivity contribution in [3.05, 3.63) is 11.1 Å². The normalized spacial score (nSPS) is 12.4. The molecule has 108 valence electrons. The number of rotatable bonds is 3. The predicted octanol–water partition coefficient (Wildman–Crippen LogP) is 2.51. The van der Waals surface area contributed by atoms with E-state index in [0.29, 0.717) is 11.3 Å². The van der Waals surface area contributed by atoms with Gasteiger partial charge in [0.1, 0.15) is 4.88 Å². The topological polar surface area (TPSA) is 45.2 Å². The van der Waals surface area contributed by atoms with Crippen LogP contribution in [0.3, 0.4) is 0 Å². The molecule has 0 bridgehead atoms. The zero-order chi connectivity index (χ0) is 14.8. The Morgan fingerprint density at radius 2 is 2.00 bits per heavy atom. The molecular formula is C11H16F3N3OS. The fourth-order valence-electron chi connectivity index (χ4n) is 1.31. The van der Waals surface area contributed by atoms with Crippen molar-refractivity contribution in [2.45, 2.75) is 32.5 Å². The summed E-state index contributed by atoms with van der Waals surface area (Å²) in [7, 11) is 1.53. The van der Waals surface area contributed by atoms with E-state index in [1.807, 2.05) is 20.8 Å². The van der Waals surface area contributed by atoms with E-state index in [2.05, 4.69) is 10.3 Å². The van der Waals surface area contributed by atoms with Crippen molar-refractivity contribution < 1.29 is 18.0 Å². The Hall–Kier alpha value is -1.31. The Kier molecular flexibility index (Phi) is 4.44. The van der Waals surface area contributed by atoms with Gasteiger partial charge in [-0.2, -0.15) is 13.2 Å². The van der Waals surface area contributed by atoms with Gasteiger partial charge in [-0.05, 0) is 20.8 Å². The fraction of sp³-hybridized carbons (Fsp3) is 0.636. The van der Waals surface area contributed by atoms with E-state index in [-0.39, 0.29) is 23.1 Å². The second kappa shape index (κ2) is 5.36. The summed E-state index contributed by atoms with van der Waals surface area (Å²) < 4.78 is 37.3. The van der Waals surface area contributed by atoms with Crippen LogP contribution in [0.5, 0.6) is 0 Å². The quantitative estimate of drug-likeness (QED) is 0.932. The molecule has 0 aliphatic carbocycles. The van der Waals surface area contributed by atoms with Gasteiger partial charge in [-0.1, -0.05) is 11.3 Å². The zero-order valence-corrected chi connectivity index (χ0v) is 11.9. The fourth-order valence-corrected chi connectivity index (χ4v) is 2.06. The number of likely N-dealkylation sites (N-methyl/N-ethyl adjacent to an activating group) is 1.